The van der Waals surface area contributed by atoms with E-state index in [9.17, 15) is 9.59 Å². The number of ether oxygens (including phenoxy) is 2. The number of carboxylic acids is 1. The lowest BCUT2D eigenvalue weighted by atomic mass is 9.99. The molecule has 0 fully saturated rings. The van der Waals surface area contributed by atoms with Crippen LogP contribution in [0.1, 0.15) is 27.6 Å². The molecule has 0 heterocycles. The van der Waals surface area contributed by atoms with Crippen LogP contribution in [0.2, 0.25) is 0 Å². The van der Waals surface area contributed by atoms with Crippen molar-refractivity contribution in [2.24, 2.45) is 0 Å². The van der Waals surface area contributed by atoms with Gasteiger partial charge < -0.3 is 19.9 Å². The van der Waals surface area contributed by atoms with Crippen LogP contribution in [0.4, 0.5) is 4.79 Å². The first-order valence-electron chi connectivity index (χ1n) is 7.43. The molecule has 1 amide bonds. The van der Waals surface area contributed by atoms with Gasteiger partial charge in [-0.05, 0) is 23.3 Å². The third-order valence-electron chi connectivity index (χ3n) is 3.38. The zero-order valence-electron chi connectivity index (χ0n) is 13.3. The van der Waals surface area contributed by atoms with Crippen LogP contribution in [-0.2, 0) is 9.47 Å². The fraction of sp³-hybridized carbons (Fsp3) is 0.222. The highest BCUT2D eigenvalue weighted by Gasteiger charge is 2.16. The molecule has 24 heavy (non-hydrogen) atoms. The van der Waals surface area contributed by atoms with Crippen molar-refractivity contribution < 1.29 is 24.2 Å². The van der Waals surface area contributed by atoms with Crippen LogP contribution < -0.4 is 5.32 Å². The molecule has 1 unspecified atom stereocenters. The van der Waals surface area contributed by atoms with Gasteiger partial charge in [0, 0.05) is 6.54 Å². The third-order valence-corrected chi connectivity index (χ3v) is 3.38. The van der Waals surface area contributed by atoms with Crippen molar-refractivity contribution >= 4 is 12.1 Å². The summed E-state index contributed by atoms with van der Waals surface area (Å²) in [5.41, 5.74) is 1.84. The summed E-state index contributed by atoms with van der Waals surface area (Å²) in [6.45, 7) is 0.542. The average Bonchev–Trinajstić information content (AvgIpc) is 2.62. The largest absolute Gasteiger partial charge is 0.478 e. The van der Waals surface area contributed by atoms with Gasteiger partial charge in [-0.2, -0.15) is 0 Å². The van der Waals surface area contributed by atoms with Gasteiger partial charge in [-0.15, -0.1) is 0 Å². The maximum Gasteiger partial charge on any atom is 0.406 e. The average molecular weight is 329 g/mol. The van der Waals surface area contributed by atoms with Crippen LogP contribution in [0.15, 0.2) is 54.6 Å². The van der Waals surface area contributed by atoms with Gasteiger partial charge in [0.25, 0.3) is 0 Å². The van der Waals surface area contributed by atoms with Gasteiger partial charge in [-0.1, -0.05) is 42.5 Å². The maximum absolute atomic E-state index is 11.2. The molecule has 6 nitrogen and oxygen atoms in total. The maximum atomic E-state index is 11.2. The van der Waals surface area contributed by atoms with E-state index in [0.29, 0.717) is 0 Å². The third kappa shape index (κ3) is 4.82. The van der Waals surface area contributed by atoms with Gasteiger partial charge in [-0.3, -0.25) is 0 Å². The molecule has 0 radical (unpaired) electrons. The Bertz CT molecular complexity index is 687. The minimum absolute atomic E-state index is 0.199. The van der Waals surface area contributed by atoms with Crippen molar-refractivity contribution in [1.82, 2.24) is 5.32 Å². The van der Waals surface area contributed by atoms with E-state index in [1.807, 2.05) is 36.4 Å². The Morgan fingerprint density at radius 3 is 2.46 bits per heavy atom. The SMILES string of the molecule is COC(=O)NCCOC(c1ccccc1)c1cccc(C(=O)O)c1. The normalized spacial score (nSPS) is 11.5. The Balaban J connectivity index is 2.16. The molecule has 0 spiro atoms. The molecule has 2 aromatic carbocycles. The number of methoxy groups -OCH3 is 1. The molecule has 126 valence electrons. The number of carbonyl (C=O) groups excluding carboxylic acids is 1. The monoisotopic (exact) mass is 329 g/mol. The second kappa shape index (κ2) is 8.69. The topological polar surface area (TPSA) is 84.9 Å². The number of carbonyl (C=O) groups is 2. The molecule has 0 saturated heterocycles. The van der Waals surface area contributed by atoms with Crippen LogP contribution in [0.5, 0.6) is 0 Å². The first kappa shape index (κ1) is 17.5. The van der Waals surface area contributed by atoms with E-state index >= 15 is 0 Å². The Morgan fingerprint density at radius 1 is 1.08 bits per heavy atom. The zero-order chi connectivity index (χ0) is 17.4. The predicted molar refractivity (Wildman–Crippen MR) is 88.0 cm³/mol. The van der Waals surface area contributed by atoms with E-state index in [2.05, 4.69) is 10.1 Å². The van der Waals surface area contributed by atoms with Crippen molar-refractivity contribution in [1.29, 1.82) is 0 Å². The summed E-state index contributed by atoms with van der Waals surface area (Å²) in [4.78, 5) is 22.2. The van der Waals surface area contributed by atoms with Crippen molar-refractivity contribution in [3.8, 4) is 0 Å². The highest BCUT2D eigenvalue weighted by molar-refractivity contribution is 5.87. The molecule has 6 heteroatoms. The van der Waals surface area contributed by atoms with Gasteiger partial charge in [0.2, 0.25) is 0 Å². The fourth-order valence-corrected chi connectivity index (χ4v) is 2.25. The number of aromatic carboxylic acids is 1. The molecule has 0 aromatic heterocycles. The Morgan fingerprint density at radius 2 is 1.79 bits per heavy atom. The number of rotatable bonds is 7. The molecular weight excluding hydrogens is 310 g/mol. The molecule has 0 bridgehead atoms. The molecule has 2 aromatic rings. The van der Waals surface area contributed by atoms with Crippen LogP contribution in [0, 0.1) is 0 Å². The summed E-state index contributed by atoms with van der Waals surface area (Å²) in [6, 6.07) is 16.1. The molecule has 0 aliphatic heterocycles. The summed E-state index contributed by atoms with van der Waals surface area (Å²) in [7, 11) is 1.29. The lowest BCUT2D eigenvalue weighted by molar-refractivity contribution is 0.0693. The van der Waals surface area contributed by atoms with E-state index in [1.165, 1.54) is 13.2 Å². The van der Waals surface area contributed by atoms with Crippen molar-refractivity contribution in [2.75, 3.05) is 20.3 Å². The molecule has 0 aliphatic rings. The highest BCUT2D eigenvalue weighted by atomic mass is 16.5. The number of benzene rings is 2. The summed E-state index contributed by atoms with van der Waals surface area (Å²) >= 11 is 0. The van der Waals surface area contributed by atoms with Gasteiger partial charge >= 0.3 is 12.1 Å². The smallest absolute Gasteiger partial charge is 0.406 e. The molecule has 1 atom stereocenters. The van der Waals surface area contributed by atoms with Crippen LogP contribution in [0.25, 0.3) is 0 Å². The van der Waals surface area contributed by atoms with E-state index in [0.717, 1.165) is 11.1 Å². The minimum Gasteiger partial charge on any atom is -0.478 e. The van der Waals surface area contributed by atoms with Crippen LogP contribution in [0.3, 0.4) is 0 Å². The molecule has 2 rings (SSSR count). The van der Waals surface area contributed by atoms with Gasteiger partial charge in [0.15, 0.2) is 0 Å². The number of carboxylic acid groups (broad SMARTS) is 1. The lowest BCUT2D eigenvalue weighted by Crippen LogP contribution is -2.27. The second-order valence-corrected chi connectivity index (χ2v) is 5.01. The van der Waals surface area contributed by atoms with Crippen LogP contribution >= 0.6 is 0 Å². The van der Waals surface area contributed by atoms with Gasteiger partial charge in [0.1, 0.15) is 6.10 Å². The van der Waals surface area contributed by atoms with Gasteiger partial charge in [-0.25, -0.2) is 9.59 Å². The second-order valence-electron chi connectivity index (χ2n) is 5.01. The van der Waals surface area contributed by atoms with E-state index in [4.69, 9.17) is 9.84 Å². The summed E-state index contributed by atoms with van der Waals surface area (Å²) < 4.78 is 10.4. The number of hydrogen-bond donors (Lipinski definition) is 2. The van der Waals surface area contributed by atoms with E-state index in [-0.39, 0.29) is 18.7 Å². The molecule has 2 N–H and O–H groups in total. The summed E-state index contributed by atoms with van der Waals surface area (Å²) in [5.74, 6) is -0.990. The predicted octanol–water partition coefficient (Wildman–Crippen LogP) is 2.85. The first-order valence-corrected chi connectivity index (χ1v) is 7.43. The van der Waals surface area contributed by atoms with Crippen molar-refractivity contribution in [3.63, 3.8) is 0 Å². The fourth-order valence-electron chi connectivity index (χ4n) is 2.25. The Kier molecular flexibility index (Phi) is 6.33. The number of nitrogens with one attached hydrogen (secondary N) is 1. The summed E-state index contributed by atoms with van der Waals surface area (Å²) in [5, 5.41) is 11.7. The molecule has 0 aliphatic carbocycles. The van der Waals surface area contributed by atoms with Crippen molar-refractivity contribution in [3.05, 3.63) is 71.3 Å². The standard InChI is InChI=1S/C18H19NO5/c1-23-18(22)19-10-11-24-16(13-6-3-2-4-7-13)14-8-5-9-15(12-14)17(20)21/h2-9,12,16H,10-11H2,1H3,(H,19,22)(H,20,21). The first-order chi connectivity index (χ1) is 11.6. The summed E-state index contributed by atoms with van der Waals surface area (Å²) in [6.07, 6.45) is -0.951. The number of amides is 1. The Hall–Kier alpha value is -2.86. The number of alkyl carbamates (subject to hydrolysis) is 1. The van der Waals surface area contributed by atoms with Crippen molar-refractivity contribution in [2.45, 2.75) is 6.10 Å². The minimum atomic E-state index is -0.990. The van der Waals surface area contributed by atoms with E-state index < -0.39 is 18.2 Å². The Labute approximate surface area is 140 Å². The van der Waals surface area contributed by atoms with Crippen LogP contribution in [-0.4, -0.2) is 37.4 Å². The lowest BCUT2D eigenvalue weighted by Gasteiger charge is -2.19. The quantitative estimate of drug-likeness (QED) is 0.763. The number of hydrogen-bond acceptors (Lipinski definition) is 4. The zero-order valence-corrected chi connectivity index (χ0v) is 13.3. The highest BCUT2D eigenvalue weighted by Crippen LogP contribution is 2.26. The molecule has 0 saturated carbocycles. The van der Waals surface area contributed by atoms with Gasteiger partial charge in [0.05, 0.1) is 19.3 Å². The van der Waals surface area contributed by atoms with E-state index in [1.54, 1.807) is 12.1 Å². The molecular formula is C18H19NO5.